The fraction of sp³-hybridized carbons (Fsp3) is 0.0667. The van der Waals surface area contributed by atoms with Crippen molar-refractivity contribution in [2.24, 2.45) is 0 Å². The van der Waals surface area contributed by atoms with Crippen LogP contribution in [0.25, 0.3) is 0 Å². The molecular weight excluding hydrogens is 417 g/mol. The lowest BCUT2D eigenvalue weighted by molar-refractivity contribution is -0.385. The van der Waals surface area contributed by atoms with Gasteiger partial charge in [0.05, 0.1) is 16.4 Å². The topological polar surface area (TPSA) is 120 Å². The van der Waals surface area contributed by atoms with Crippen molar-refractivity contribution in [1.29, 1.82) is 0 Å². The number of aromatic nitrogens is 3. The van der Waals surface area contributed by atoms with E-state index in [1.807, 2.05) is 0 Å². The second-order valence-corrected chi connectivity index (χ2v) is 7.82. The molecule has 9 nitrogen and oxygen atoms in total. The molecule has 3 rings (SSSR count). The first-order valence-electron chi connectivity index (χ1n) is 7.36. The number of nitro groups is 1. The van der Waals surface area contributed by atoms with Gasteiger partial charge in [-0.05, 0) is 18.2 Å². The maximum absolute atomic E-state index is 12.4. The summed E-state index contributed by atoms with van der Waals surface area (Å²) in [7, 11) is -4.09. The summed E-state index contributed by atoms with van der Waals surface area (Å²) in [6.07, 6.45) is 1.31. The monoisotopic (exact) mass is 427 g/mol. The molecule has 0 aliphatic heterocycles. The van der Waals surface area contributed by atoms with Gasteiger partial charge in [0.25, 0.3) is 21.7 Å². The molecule has 1 aromatic heterocycles. The SMILES string of the molecule is O=[N+]([O-])c1cccc(S(=O)(=O)Nc2ncn(Cc3c(Cl)cccc3Cl)n2)c1. The Kier molecular flexibility index (Phi) is 5.31. The van der Waals surface area contributed by atoms with Crippen LogP contribution in [0.15, 0.2) is 53.7 Å². The number of anilines is 1. The molecule has 0 amide bonds. The van der Waals surface area contributed by atoms with Crippen LogP contribution in [0.5, 0.6) is 0 Å². The first kappa shape index (κ1) is 19.1. The summed E-state index contributed by atoms with van der Waals surface area (Å²) in [5.41, 5.74) is 0.267. The molecule has 0 aliphatic rings. The first-order valence-corrected chi connectivity index (χ1v) is 9.60. The van der Waals surface area contributed by atoms with Gasteiger partial charge in [0.2, 0.25) is 0 Å². The highest BCUT2D eigenvalue weighted by Crippen LogP contribution is 2.25. The van der Waals surface area contributed by atoms with Crippen LogP contribution in [0.4, 0.5) is 11.6 Å². The Hall–Kier alpha value is -2.69. The van der Waals surface area contributed by atoms with Crippen LogP contribution in [0, 0.1) is 10.1 Å². The summed E-state index contributed by atoms with van der Waals surface area (Å²) in [5.74, 6) is -0.190. The minimum atomic E-state index is -4.09. The fourth-order valence-corrected chi connectivity index (χ4v) is 3.71. The molecular formula is C15H11Cl2N5O4S. The Balaban J connectivity index is 1.81. The Morgan fingerprint density at radius 2 is 1.81 bits per heavy atom. The third kappa shape index (κ3) is 4.35. The molecule has 140 valence electrons. The average Bonchev–Trinajstić information content (AvgIpc) is 3.05. The Labute approximate surface area is 163 Å². The smallest absolute Gasteiger partial charge is 0.258 e. The fourth-order valence-electron chi connectivity index (χ4n) is 2.21. The van der Waals surface area contributed by atoms with Crippen LogP contribution in [-0.2, 0) is 16.6 Å². The lowest BCUT2D eigenvalue weighted by Crippen LogP contribution is -2.14. The van der Waals surface area contributed by atoms with Crippen molar-refractivity contribution in [2.45, 2.75) is 11.4 Å². The van der Waals surface area contributed by atoms with Gasteiger partial charge < -0.3 is 0 Å². The van der Waals surface area contributed by atoms with E-state index < -0.39 is 14.9 Å². The quantitative estimate of drug-likeness (QED) is 0.475. The van der Waals surface area contributed by atoms with Gasteiger partial charge in [-0.2, -0.15) is 4.98 Å². The van der Waals surface area contributed by atoms with Gasteiger partial charge in [0.1, 0.15) is 6.33 Å². The third-order valence-corrected chi connectivity index (χ3v) is 5.52. The molecule has 12 heteroatoms. The Morgan fingerprint density at radius 1 is 1.15 bits per heavy atom. The van der Waals surface area contributed by atoms with Crippen LogP contribution < -0.4 is 4.72 Å². The number of halogens is 2. The number of hydrogen-bond acceptors (Lipinski definition) is 6. The maximum Gasteiger partial charge on any atom is 0.270 e. The van der Waals surface area contributed by atoms with E-state index in [0.717, 1.165) is 6.07 Å². The molecule has 0 fully saturated rings. The summed E-state index contributed by atoms with van der Waals surface area (Å²) in [5, 5.41) is 15.7. The Bertz CT molecular complexity index is 1100. The lowest BCUT2D eigenvalue weighted by atomic mass is 10.2. The minimum absolute atomic E-state index is 0.185. The minimum Gasteiger partial charge on any atom is -0.258 e. The van der Waals surface area contributed by atoms with Gasteiger partial charge in [-0.1, -0.05) is 35.3 Å². The molecule has 0 saturated carbocycles. The van der Waals surface area contributed by atoms with Crippen molar-refractivity contribution in [3.8, 4) is 0 Å². The number of nitrogens with zero attached hydrogens (tertiary/aromatic N) is 4. The molecule has 2 aromatic carbocycles. The molecule has 0 spiro atoms. The molecule has 3 aromatic rings. The standard InChI is InChI=1S/C15H11Cl2N5O4S/c16-13-5-2-6-14(17)12(13)8-21-9-18-15(19-21)20-27(25,26)11-4-1-3-10(7-11)22(23)24/h1-7,9H,8H2,(H,19,20). The van der Waals surface area contributed by atoms with E-state index in [1.54, 1.807) is 18.2 Å². The number of nitrogens with one attached hydrogen (secondary N) is 1. The van der Waals surface area contributed by atoms with Gasteiger partial charge in [-0.25, -0.2) is 17.8 Å². The van der Waals surface area contributed by atoms with Crippen molar-refractivity contribution < 1.29 is 13.3 Å². The second kappa shape index (κ2) is 7.51. The van der Waals surface area contributed by atoms with Gasteiger partial charge in [0, 0.05) is 27.7 Å². The van der Waals surface area contributed by atoms with Crippen molar-refractivity contribution >= 4 is 44.9 Å². The van der Waals surface area contributed by atoms with Crippen molar-refractivity contribution in [2.75, 3.05) is 4.72 Å². The van der Waals surface area contributed by atoms with Crippen molar-refractivity contribution in [3.63, 3.8) is 0 Å². The zero-order chi connectivity index (χ0) is 19.6. The molecule has 0 unspecified atom stereocenters. The van der Waals surface area contributed by atoms with Crippen molar-refractivity contribution in [1.82, 2.24) is 14.8 Å². The van der Waals surface area contributed by atoms with Crippen LogP contribution in [0.2, 0.25) is 10.0 Å². The molecule has 1 N–H and O–H groups in total. The average molecular weight is 428 g/mol. The molecule has 0 atom stereocenters. The maximum atomic E-state index is 12.4. The predicted octanol–water partition coefficient (Wildman–Crippen LogP) is 3.34. The number of non-ortho nitro benzene ring substituents is 1. The van der Waals surface area contributed by atoms with E-state index in [0.29, 0.717) is 15.6 Å². The van der Waals surface area contributed by atoms with E-state index >= 15 is 0 Å². The molecule has 1 heterocycles. The molecule has 0 radical (unpaired) electrons. The van der Waals surface area contributed by atoms with Gasteiger partial charge >= 0.3 is 0 Å². The number of nitro benzene ring substituents is 1. The van der Waals surface area contributed by atoms with Gasteiger partial charge in [-0.15, -0.1) is 5.10 Å². The van der Waals surface area contributed by atoms with Crippen LogP contribution in [0.1, 0.15) is 5.56 Å². The number of benzene rings is 2. The Morgan fingerprint density at radius 3 is 2.48 bits per heavy atom. The second-order valence-electron chi connectivity index (χ2n) is 5.33. The van der Waals surface area contributed by atoms with Crippen LogP contribution in [0.3, 0.4) is 0 Å². The normalized spacial score (nSPS) is 11.3. The number of hydrogen-bond donors (Lipinski definition) is 1. The molecule has 0 aliphatic carbocycles. The molecule has 0 bridgehead atoms. The number of rotatable bonds is 6. The number of sulfonamides is 1. The lowest BCUT2D eigenvalue weighted by Gasteiger charge is -2.06. The highest BCUT2D eigenvalue weighted by molar-refractivity contribution is 7.92. The summed E-state index contributed by atoms with van der Waals surface area (Å²) >= 11 is 12.2. The molecule has 0 saturated heterocycles. The van der Waals surface area contributed by atoms with Crippen molar-refractivity contribution in [3.05, 3.63) is 74.5 Å². The van der Waals surface area contributed by atoms with E-state index in [-0.39, 0.29) is 23.1 Å². The largest absolute Gasteiger partial charge is 0.270 e. The van der Waals surface area contributed by atoms with Crippen LogP contribution in [-0.4, -0.2) is 28.1 Å². The van der Waals surface area contributed by atoms with Gasteiger partial charge in [0.15, 0.2) is 0 Å². The molecule has 27 heavy (non-hydrogen) atoms. The summed E-state index contributed by atoms with van der Waals surface area (Å²) in [4.78, 5) is 13.7. The highest BCUT2D eigenvalue weighted by Gasteiger charge is 2.19. The summed E-state index contributed by atoms with van der Waals surface area (Å²) < 4.78 is 28.3. The highest BCUT2D eigenvalue weighted by atomic mass is 35.5. The van der Waals surface area contributed by atoms with E-state index in [1.165, 1.54) is 29.2 Å². The third-order valence-electron chi connectivity index (χ3n) is 3.48. The van der Waals surface area contributed by atoms with Gasteiger partial charge in [-0.3, -0.25) is 10.1 Å². The van der Waals surface area contributed by atoms with E-state index in [9.17, 15) is 18.5 Å². The zero-order valence-corrected chi connectivity index (χ0v) is 15.7. The summed E-state index contributed by atoms with van der Waals surface area (Å²) in [6.45, 7) is 0.185. The van der Waals surface area contributed by atoms with E-state index in [4.69, 9.17) is 23.2 Å². The van der Waals surface area contributed by atoms with Crippen LogP contribution >= 0.6 is 23.2 Å². The summed E-state index contributed by atoms with van der Waals surface area (Å²) in [6, 6.07) is 9.70. The first-order chi connectivity index (χ1) is 12.8. The predicted molar refractivity (Wildman–Crippen MR) is 99.5 cm³/mol. The van der Waals surface area contributed by atoms with E-state index in [2.05, 4.69) is 14.8 Å². The zero-order valence-electron chi connectivity index (χ0n) is 13.4.